The van der Waals surface area contributed by atoms with Crippen molar-refractivity contribution in [2.75, 3.05) is 12.8 Å². The van der Waals surface area contributed by atoms with E-state index in [2.05, 4.69) is 35.9 Å². The second-order valence-corrected chi connectivity index (χ2v) is 6.95. The first-order valence-electron chi connectivity index (χ1n) is 6.95. The van der Waals surface area contributed by atoms with E-state index in [1.165, 1.54) is 11.3 Å². The molecule has 2 N–H and O–H groups in total. The van der Waals surface area contributed by atoms with Crippen LogP contribution in [-0.2, 0) is 17.6 Å². The number of hydrogen-bond acceptors (Lipinski definition) is 7. The van der Waals surface area contributed by atoms with Crippen molar-refractivity contribution in [1.29, 1.82) is 0 Å². The van der Waals surface area contributed by atoms with Gasteiger partial charge in [0.15, 0.2) is 5.13 Å². The van der Waals surface area contributed by atoms with E-state index >= 15 is 0 Å². The molecule has 1 unspecified atom stereocenters. The van der Waals surface area contributed by atoms with E-state index in [1.54, 1.807) is 7.11 Å². The number of nitrogens with zero attached hydrogens (tertiary/aromatic N) is 3. The number of thiazole rings is 1. The van der Waals surface area contributed by atoms with Gasteiger partial charge in [-0.15, -0.1) is 11.3 Å². The van der Waals surface area contributed by atoms with Gasteiger partial charge in [-0.25, -0.2) is 4.98 Å². The maximum atomic E-state index is 5.61. The summed E-state index contributed by atoms with van der Waals surface area (Å²) in [4.78, 5) is 8.67. The fraction of sp³-hybridized carbons (Fsp3) is 0.643. The molecule has 0 aliphatic carbocycles. The molecule has 0 aliphatic heterocycles. The Balaban J connectivity index is 1.91. The summed E-state index contributed by atoms with van der Waals surface area (Å²) >= 11 is 1.46. The van der Waals surface area contributed by atoms with Crippen LogP contribution in [0.3, 0.4) is 0 Å². The Morgan fingerprint density at radius 1 is 1.33 bits per heavy atom. The van der Waals surface area contributed by atoms with Crippen LogP contribution in [0.1, 0.15) is 50.7 Å². The Morgan fingerprint density at radius 2 is 2.10 bits per heavy atom. The van der Waals surface area contributed by atoms with Gasteiger partial charge in [0.1, 0.15) is 6.10 Å². The number of aromatic nitrogens is 3. The molecular formula is C14H22N4O2S. The van der Waals surface area contributed by atoms with E-state index < -0.39 is 0 Å². The largest absolute Gasteiger partial charge is 0.375 e. The van der Waals surface area contributed by atoms with Crippen LogP contribution >= 0.6 is 11.3 Å². The normalized spacial score (nSPS) is 13.5. The Hall–Kier alpha value is -1.47. The quantitative estimate of drug-likeness (QED) is 0.882. The molecule has 0 saturated heterocycles. The van der Waals surface area contributed by atoms with E-state index in [1.807, 2.05) is 5.38 Å². The summed E-state index contributed by atoms with van der Waals surface area (Å²) in [6, 6.07) is 0. The lowest BCUT2D eigenvalue weighted by atomic mass is 9.88. The fourth-order valence-corrected chi connectivity index (χ4v) is 2.78. The SMILES string of the molecule is COC(c1noc(CCCc2csc(N)n2)n1)C(C)(C)C. The summed E-state index contributed by atoms with van der Waals surface area (Å²) in [5.41, 5.74) is 6.55. The molecule has 0 amide bonds. The Bertz CT molecular complexity index is 574. The van der Waals surface area contributed by atoms with Crippen LogP contribution in [0.4, 0.5) is 5.13 Å². The number of ether oxygens (including phenoxy) is 1. The van der Waals surface area contributed by atoms with Gasteiger partial charge in [0.2, 0.25) is 11.7 Å². The van der Waals surface area contributed by atoms with Gasteiger partial charge < -0.3 is 15.0 Å². The van der Waals surface area contributed by atoms with Gasteiger partial charge >= 0.3 is 0 Å². The van der Waals surface area contributed by atoms with E-state index in [0.717, 1.165) is 25.0 Å². The van der Waals surface area contributed by atoms with Gasteiger partial charge in [-0.3, -0.25) is 0 Å². The Morgan fingerprint density at radius 3 is 2.67 bits per heavy atom. The highest BCUT2D eigenvalue weighted by Crippen LogP contribution is 2.33. The molecule has 0 aliphatic rings. The molecule has 0 aromatic carbocycles. The first kappa shape index (κ1) is 15.9. The van der Waals surface area contributed by atoms with Crippen molar-refractivity contribution in [3.05, 3.63) is 22.8 Å². The van der Waals surface area contributed by atoms with Crippen LogP contribution in [0.2, 0.25) is 0 Å². The third-order valence-corrected chi connectivity index (χ3v) is 3.86. The molecule has 0 fully saturated rings. The minimum atomic E-state index is -0.173. The summed E-state index contributed by atoms with van der Waals surface area (Å²) in [7, 11) is 1.67. The second-order valence-electron chi connectivity index (χ2n) is 6.06. The van der Waals surface area contributed by atoms with Crippen LogP contribution in [0.15, 0.2) is 9.90 Å². The number of rotatable bonds is 6. The molecule has 1 atom stereocenters. The lowest BCUT2D eigenvalue weighted by molar-refractivity contribution is 0.00718. The fourth-order valence-electron chi connectivity index (χ4n) is 2.18. The smallest absolute Gasteiger partial charge is 0.226 e. The first-order chi connectivity index (χ1) is 9.90. The average Bonchev–Trinajstić information content (AvgIpc) is 2.99. The van der Waals surface area contributed by atoms with Crippen molar-refractivity contribution in [3.63, 3.8) is 0 Å². The maximum Gasteiger partial charge on any atom is 0.226 e. The Kier molecular flexibility index (Phi) is 4.95. The lowest BCUT2D eigenvalue weighted by Gasteiger charge is -2.26. The topological polar surface area (TPSA) is 87.1 Å². The average molecular weight is 310 g/mol. The van der Waals surface area contributed by atoms with Gasteiger partial charge in [0.05, 0.1) is 5.69 Å². The summed E-state index contributed by atoms with van der Waals surface area (Å²) < 4.78 is 10.8. The van der Waals surface area contributed by atoms with Crippen LogP contribution in [0, 0.1) is 5.41 Å². The van der Waals surface area contributed by atoms with Crippen molar-refractivity contribution in [2.24, 2.45) is 5.41 Å². The molecule has 2 rings (SSSR count). The molecule has 2 aromatic heterocycles. The highest BCUT2D eigenvalue weighted by atomic mass is 32.1. The monoisotopic (exact) mass is 310 g/mol. The molecule has 2 heterocycles. The predicted octanol–water partition coefficient (Wildman–Crippen LogP) is 3.02. The minimum Gasteiger partial charge on any atom is -0.375 e. The summed E-state index contributed by atoms with van der Waals surface area (Å²) in [6.07, 6.45) is 2.31. The van der Waals surface area contributed by atoms with Crippen molar-refractivity contribution in [2.45, 2.75) is 46.1 Å². The molecule has 0 saturated carbocycles. The van der Waals surface area contributed by atoms with Crippen molar-refractivity contribution in [3.8, 4) is 0 Å². The third kappa shape index (κ3) is 4.25. The van der Waals surface area contributed by atoms with E-state index in [-0.39, 0.29) is 11.5 Å². The molecule has 6 nitrogen and oxygen atoms in total. The summed E-state index contributed by atoms with van der Waals surface area (Å²) in [5, 5.41) is 6.63. The molecule has 21 heavy (non-hydrogen) atoms. The molecule has 0 radical (unpaired) electrons. The number of aryl methyl sites for hydroxylation is 2. The van der Waals surface area contributed by atoms with Crippen molar-refractivity contribution in [1.82, 2.24) is 15.1 Å². The van der Waals surface area contributed by atoms with E-state index in [0.29, 0.717) is 16.8 Å². The number of nitrogens with two attached hydrogens (primary N) is 1. The zero-order chi connectivity index (χ0) is 15.5. The predicted molar refractivity (Wildman–Crippen MR) is 82.1 cm³/mol. The lowest BCUT2D eigenvalue weighted by Crippen LogP contribution is -2.21. The Labute approximate surface area is 128 Å². The molecule has 2 aromatic rings. The summed E-state index contributed by atoms with van der Waals surface area (Å²) in [5.74, 6) is 1.25. The molecular weight excluding hydrogens is 288 g/mol. The highest BCUT2D eigenvalue weighted by molar-refractivity contribution is 7.13. The van der Waals surface area contributed by atoms with Gasteiger partial charge in [-0.05, 0) is 18.3 Å². The number of nitrogen functional groups attached to an aromatic ring is 1. The van der Waals surface area contributed by atoms with E-state index in [4.69, 9.17) is 15.0 Å². The zero-order valence-electron chi connectivity index (χ0n) is 12.9. The van der Waals surface area contributed by atoms with Crippen molar-refractivity contribution >= 4 is 16.5 Å². The van der Waals surface area contributed by atoms with Crippen molar-refractivity contribution < 1.29 is 9.26 Å². The van der Waals surface area contributed by atoms with Crippen LogP contribution in [0.25, 0.3) is 0 Å². The molecule has 0 bridgehead atoms. The number of methoxy groups -OCH3 is 1. The molecule has 7 heteroatoms. The maximum absolute atomic E-state index is 5.61. The van der Waals surface area contributed by atoms with Gasteiger partial charge in [-0.2, -0.15) is 4.98 Å². The van der Waals surface area contributed by atoms with Crippen LogP contribution < -0.4 is 5.73 Å². The van der Waals surface area contributed by atoms with Gasteiger partial charge in [0, 0.05) is 18.9 Å². The summed E-state index contributed by atoms with van der Waals surface area (Å²) in [6.45, 7) is 6.26. The highest BCUT2D eigenvalue weighted by Gasteiger charge is 2.30. The minimum absolute atomic E-state index is 0.0754. The van der Waals surface area contributed by atoms with E-state index in [9.17, 15) is 0 Å². The van der Waals surface area contributed by atoms with Gasteiger partial charge in [0.25, 0.3) is 0 Å². The third-order valence-electron chi connectivity index (χ3n) is 3.13. The van der Waals surface area contributed by atoms with Crippen LogP contribution in [-0.4, -0.2) is 22.2 Å². The number of hydrogen-bond donors (Lipinski definition) is 1. The molecule has 0 spiro atoms. The standard InChI is InChI=1S/C14H22N4O2S/c1-14(2,3)11(19-4)12-17-10(20-18-12)7-5-6-9-8-21-13(15)16-9/h8,11H,5-7H2,1-4H3,(H2,15,16). The zero-order valence-corrected chi connectivity index (χ0v) is 13.7. The first-order valence-corrected chi connectivity index (χ1v) is 7.83. The van der Waals surface area contributed by atoms with Crippen LogP contribution in [0.5, 0.6) is 0 Å². The number of anilines is 1. The second kappa shape index (κ2) is 6.53. The van der Waals surface area contributed by atoms with Gasteiger partial charge in [-0.1, -0.05) is 25.9 Å². The molecule has 116 valence electrons.